The molecule has 0 saturated heterocycles. The Morgan fingerprint density at radius 2 is 1.56 bits per heavy atom. The summed E-state index contributed by atoms with van der Waals surface area (Å²) in [6.07, 6.45) is 0. The summed E-state index contributed by atoms with van der Waals surface area (Å²) < 4.78 is 0. The number of anilines is 1. The summed E-state index contributed by atoms with van der Waals surface area (Å²) in [5, 5.41) is 10.3. The van der Waals surface area contributed by atoms with E-state index in [2.05, 4.69) is 21.3 Å². The molecule has 0 atom stereocenters. The smallest absolute Gasteiger partial charge is 0.315 e. The molecule has 0 heterocycles. The van der Waals surface area contributed by atoms with Gasteiger partial charge in [0.05, 0.1) is 17.8 Å². The lowest BCUT2D eigenvalue weighted by Gasteiger charge is -2.11. The van der Waals surface area contributed by atoms with Crippen molar-refractivity contribution >= 4 is 23.5 Å². The van der Waals surface area contributed by atoms with Gasteiger partial charge >= 0.3 is 6.03 Å². The molecule has 0 aliphatic carbocycles. The van der Waals surface area contributed by atoms with Crippen LogP contribution in [-0.4, -0.2) is 31.4 Å². The molecule has 2 rings (SSSR count). The quantitative estimate of drug-likeness (QED) is 0.641. The van der Waals surface area contributed by atoms with Crippen LogP contribution in [0.25, 0.3) is 0 Å². The molecular weight excluding hydrogens is 320 g/mol. The molecule has 4 N–H and O–H groups in total. The first-order chi connectivity index (χ1) is 12.1. The summed E-state index contributed by atoms with van der Waals surface area (Å²) in [6, 6.07) is 15.6. The number of rotatable bonds is 6. The third-order valence-corrected chi connectivity index (χ3v) is 3.38. The minimum absolute atomic E-state index is 0.206. The Labute approximate surface area is 145 Å². The fraction of sp³-hybridized carbons (Fsp3) is 0.167. The summed E-state index contributed by atoms with van der Waals surface area (Å²) in [5.41, 5.74) is 1.70. The van der Waals surface area contributed by atoms with Crippen LogP contribution in [0.2, 0.25) is 0 Å². The monoisotopic (exact) mass is 340 g/mol. The van der Waals surface area contributed by atoms with Crippen molar-refractivity contribution in [3.63, 3.8) is 0 Å². The first-order valence-electron chi connectivity index (χ1n) is 7.76. The van der Waals surface area contributed by atoms with E-state index in [1.807, 2.05) is 30.3 Å². The molecule has 130 valence electrons. The van der Waals surface area contributed by atoms with Gasteiger partial charge in [-0.3, -0.25) is 9.59 Å². The summed E-state index contributed by atoms with van der Waals surface area (Å²) >= 11 is 0. The maximum atomic E-state index is 12.0. The van der Waals surface area contributed by atoms with E-state index in [9.17, 15) is 14.4 Å². The van der Waals surface area contributed by atoms with Gasteiger partial charge in [0.2, 0.25) is 5.91 Å². The van der Waals surface area contributed by atoms with Crippen LogP contribution in [0.4, 0.5) is 10.5 Å². The third-order valence-electron chi connectivity index (χ3n) is 3.38. The van der Waals surface area contributed by atoms with E-state index < -0.39 is 11.9 Å². The molecule has 2 aromatic carbocycles. The number of benzene rings is 2. The molecule has 7 heteroatoms. The van der Waals surface area contributed by atoms with E-state index in [4.69, 9.17) is 0 Å². The molecule has 0 aromatic heterocycles. The van der Waals surface area contributed by atoms with Crippen LogP contribution in [-0.2, 0) is 11.3 Å². The molecule has 0 spiro atoms. The van der Waals surface area contributed by atoms with E-state index in [-0.39, 0.29) is 12.5 Å². The minimum atomic E-state index is -0.446. The summed E-state index contributed by atoms with van der Waals surface area (Å²) in [6.45, 7) is 0.163. The molecule has 0 aliphatic heterocycles. The minimum Gasteiger partial charge on any atom is -0.355 e. The van der Waals surface area contributed by atoms with E-state index in [0.717, 1.165) is 5.56 Å². The average molecular weight is 340 g/mol. The molecule has 25 heavy (non-hydrogen) atoms. The standard InChI is InChI=1S/C18H20N4O3/c1-19-17(24)14-9-5-6-10-15(14)22-16(23)12-21-18(25)20-11-13-7-3-2-4-8-13/h2-10H,11-12H2,1H3,(H,19,24)(H,22,23)(H2,20,21,25). The maximum Gasteiger partial charge on any atom is 0.315 e. The molecule has 0 fully saturated rings. The number of carbonyl (C=O) groups is 3. The van der Waals surface area contributed by atoms with Crippen LogP contribution in [0.15, 0.2) is 54.6 Å². The third kappa shape index (κ3) is 5.65. The lowest BCUT2D eigenvalue weighted by molar-refractivity contribution is -0.115. The van der Waals surface area contributed by atoms with Crippen LogP contribution in [0.3, 0.4) is 0 Å². The fourth-order valence-corrected chi connectivity index (χ4v) is 2.12. The summed E-state index contributed by atoms with van der Waals surface area (Å²) in [5.74, 6) is -0.726. The van der Waals surface area contributed by atoms with Crippen molar-refractivity contribution in [3.8, 4) is 0 Å². The number of nitrogens with one attached hydrogen (secondary N) is 4. The number of urea groups is 1. The molecule has 0 radical (unpaired) electrons. The SMILES string of the molecule is CNC(=O)c1ccccc1NC(=O)CNC(=O)NCc1ccccc1. The zero-order valence-corrected chi connectivity index (χ0v) is 13.8. The van der Waals surface area contributed by atoms with Crippen molar-refractivity contribution in [1.29, 1.82) is 0 Å². The molecule has 0 bridgehead atoms. The molecule has 0 saturated carbocycles. The molecule has 0 aliphatic rings. The van der Waals surface area contributed by atoms with Gasteiger partial charge in [-0.05, 0) is 17.7 Å². The highest BCUT2D eigenvalue weighted by atomic mass is 16.2. The van der Waals surface area contributed by atoms with Gasteiger partial charge in [0, 0.05) is 13.6 Å². The van der Waals surface area contributed by atoms with E-state index in [1.54, 1.807) is 24.3 Å². The van der Waals surface area contributed by atoms with Crippen LogP contribution in [0, 0.1) is 0 Å². The lowest BCUT2D eigenvalue weighted by Crippen LogP contribution is -2.39. The Hall–Kier alpha value is -3.35. The van der Waals surface area contributed by atoms with Gasteiger partial charge in [-0.1, -0.05) is 42.5 Å². The number of amides is 4. The van der Waals surface area contributed by atoms with Crippen LogP contribution >= 0.6 is 0 Å². The van der Waals surface area contributed by atoms with Crippen LogP contribution in [0.1, 0.15) is 15.9 Å². The Kier molecular flexibility index (Phi) is 6.53. The van der Waals surface area contributed by atoms with Crippen molar-refractivity contribution in [1.82, 2.24) is 16.0 Å². The van der Waals surface area contributed by atoms with E-state index in [0.29, 0.717) is 17.8 Å². The Balaban J connectivity index is 1.81. The summed E-state index contributed by atoms with van der Waals surface area (Å²) in [7, 11) is 1.51. The van der Waals surface area contributed by atoms with E-state index in [1.165, 1.54) is 7.05 Å². The van der Waals surface area contributed by atoms with Crippen molar-refractivity contribution < 1.29 is 14.4 Å². The van der Waals surface area contributed by atoms with Gasteiger partial charge in [-0.25, -0.2) is 4.79 Å². The topological polar surface area (TPSA) is 99.3 Å². The predicted molar refractivity (Wildman–Crippen MR) is 95.1 cm³/mol. The largest absolute Gasteiger partial charge is 0.355 e. The highest BCUT2D eigenvalue weighted by molar-refractivity contribution is 6.04. The van der Waals surface area contributed by atoms with Gasteiger partial charge in [0.15, 0.2) is 0 Å². The molecule has 4 amide bonds. The predicted octanol–water partition coefficient (Wildman–Crippen LogP) is 1.48. The summed E-state index contributed by atoms with van der Waals surface area (Å²) in [4.78, 5) is 35.5. The van der Waals surface area contributed by atoms with Gasteiger partial charge in [-0.2, -0.15) is 0 Å². The normalized spacial score (nSPS) is 9.80. The number of hydrogen-bond donors (Lipinski definition) is 4. The first-order valence-corrected chi connectivity index (χ1v) is 7.76. The molecule has 7 nitrogen and oxygen atoms in total. The second-order valence-corrected chi connectivity index (χ2v) is 5.19. The van der Waals surface area contributed by atoms with Gasteiger partial charge < -0.3 is 21.3 Å². The number of para-hydroxylation sites is 1. The van der Waals surface area contributed by atoms with Crippen molar-refractivity contribution in [2.24, 2.45) is 0 Å². The van der Waals surface area contributed by atoms with Gasteiger partial charge in [0.25, 0.3) is 5.91 Å². The molecule has 2 aromatic rings. The Morgan fingerprint density at radius 3 is 2.28 bits per heavy atom. The Bertz CT molecular complexity index is 747. The zero-order valence-electron chi connectivity index (χ0n) is 13.8. The van der Waals surface area contributed by atoms with E-state index >= 15 is 0 Å². The fourth-order valence-electron chi connectivity index (χ4n) is 2.12. The first kappa shape index (κ1) is 18.0. The number of hydrogen-bond acceptors (Lipinski definition) is 3. The maximum absolute atomic E-state index is 12.0. The number of carbonyl (C=O) groups excluding carboxylic acids is 3. The molecule has 0 unspecified atom stereocenters. The van der Waals surface area contributed by atoms with Crippen molar-refractivity contribution in [3.05, 3.63) is 65.7 Å². The molecular formula is C18H20N4O3. The Morgan fingerprint density at radius 1 is 0.880 bits per heavy atom. The highest BCUT2D eigenvalue weighted by Crippen LogP contribution is 2.14. The average Bonchev–Trinajstić information content (AvgIpc) is 2.65. The highest BCUT2D eigenvalue weighted by Gasteiger charge is 2.12. The second kappa shape index (κ2) is 9.07. The second-order valence-electron chi connectivity index (χ2n) is 5.19. The van der Waals surface area contributed by atoms with Crippen LogP contribution in [0.5, 0.6) is 0 Å². The van der Waals surface area contributed by atoms with Gasteiger partial charge in [-0.15, -0.1) is 0 Å². The van der Waals surface area contributed by atoms with Gasteiger partial charge in [0.1, 0.15) is 0 Å². The van der Waals surface area contributed by atoms with Crippen LogP contribution < -0.4 is 21.3 Å². The zero-order chi connectivity index (χ0) is 18.1. The van der Waals surface area contributed by atoms with Crippen molar-refractivity contribution in [2.75, 3.05) is 18.9 Å². The van der Waals surface area contributed by atoms with Crippen molar-refractivity contribution in [2.45, 2.75) is 6.54 Å². The lowest BCUT2D eigenvalue weighted by atomic mass is 10.1.